The van der Waals surface area contributed by atoms with E-state index in [-0.39, 0.29) is 16.7 Å². The summed E-state index contributed by atoms with van der Waals surface area (Å²) in [7, 11) is 0. The first-order valence-corrected chi connectivity index (χ1v) is 7.69. The molecule has 1 aliphatic heterocycles. The van der Waals surface area contributed by atoms with Crippen molar-refractivity contribution in [3.8, 4) is 5.75 Å². The number of phenols is 1. The Hall–Kier alpha value is -3.82. The molecule has 1 fully saturated rings. The number of carbonyl (C=O) groups excluding carboxylic acids is 2. The van der Waals surface area contributed by atoms with Crippen LogP contribution in [0.15, 0.2) is 48.0 Å². The van der Waals surface area contributed by atoms with Crippen molar-refractivity contribution < 1.29 is 37.8 Å². The van der Waals surface area contributed by atoms with Crippen LogP contribution in [0.4, 0.5) is 13.2 Å². The number of hydrogen-bond acceptors (Lipinski definition) is 4. The van der Waals surface area contributed by atoms with E-state index in [4.69, 9.17) is 0 Å². The zero-order valence-electron chi connectivity index (χ0n) is 13.8. The van der Waals surface area contributed by atoms with Gasteiger partial charge in [0.15, 0.2) is 0 Å². The van der Waals surface area contributed by atoms with E-state index in [2.05, 4.69) is 0 Å². The van der Waals surface area contributed by atoms with Crippen LogP contribution < -0.4 is 10.9 Å². The predicted molar refractivity (Wildman–Crippen MR) is 88.8 cm³/mol. The van der Waals surface area contributed by atoms with Gasteiger partial charge in [0.1, 0.15) is 16.9 Å². The van der Waals surface area contributed by atoms with Gasteiger partial charge in [-0.3, -0.25) is 20.4 Å². The average molecular weight is 392 g/mol. The van der Waals surface area contributed by atoms with Gasteiger partial charge >= 0.3 is 12.1 Å². The Balaban J connectivity index is 2.32. The Kier molecular flexibility index (Phi) is 4.55. The summed E-state index contributed by atoms with van der Waals surface area (Å²) < 4.78 is 39.3. The van der Waals surface area contributed by atoms with Crippen LogP contribution in [0.2, 0.25) is 0 Å². The first-order chi connectivity index (χ1) is 13.1. The second-order valence-corrected chi connectivity index (χ2v) is 5.77. The highest BCUT2D eigenvalue weighted by atomic mass is 19.4. The minimum Gasteiger partial charge on any atom is -0.507 e. The molecule has 144 valence electrons. The van der Waals surface area contributed by atoms with Gasteiger partial charge in [0.05, 0.1) is 5.56 Å². The lowest BCUT2D eigenvalue weighted by Gasteiger charge is -2.14. The lowest BCUT2D eigenvalue weighted by Crippen LogP contribution is -2.28. The van der Waals surface area contributed by atoms with E-state index in [1.54, 1.807) is 0 Å². The highest BCUT2D eigenvalue weighted by Crippen LogP contribution is 2.35. The number of rotatable bonds is 3. The molecule has 0 atom stereocenters. The number of hydrogen-bond donors (Lipinski definition) is 4. The van der Waals surface area contributed by atoms with Crippen molar-refractivity contribution >= 4 is 23.4 Å². The topological polar surface area (TPSA) is 116 Å². The maximum atomic E-state index is 13.1. The Labute approximate surface area is 155 Å². The Morgan fingerprint density at radius 1 is 0.929 bits per heavy atom. The van der Waals surface area contributed by atoms with Gasteiger partial charge in [-0.2, -0.15) is 13.2 Å². The maximum Gasteiger partial charge on any atom is 0.416 e. The van der Waals surface area contributed by atoms with Gasteiger partial charge in [-0.25, -0.2) is 4.79 Å². The quantitative estimate of drug-likeness (QED) is 0.472. The molecular formula is C18H11F3N2O5. The third-order valence-electron chi connectivity index (χ3n) is 3.99. The number of amides is 2. The highest BCUT2D eigenvalue weighted by Gasteiger charge is 2.34. The number of hydrazine groups is 1. The number of carboxylic acids is 1. The fraction of sp³-hybridized carbons (Fsp3) is 0.0556. The fourth-order valence-electron chi connectivity index (χ4n) is 2.74. The molecule has 0 aromatic heterocycles. The van der Waals surface area contributed by atoms with Crippen LogP contribution in [0.5, 0.6) is 5.75 Å². The van der Waals surface area contributed by atoms with E-state index in [1.807, 2.05) is 10.9 Å². The smallest absolute Gasteiger partial charge is 0.416 e. The minimum atomic E-state index is -4.67. The largest absolute Gasteiger partial charge is 0.507 e. The molecule has 2 aromatic carbocycles. The molecule has 4 N–H and O–H groups in total. The Bertz CT molecular complexity index is 1030. The van der Waals surface area contributed by atoms with E-state index in [9.17, 15) is 37.8 Å². The molecule has 2 amide bonds. The molecule has 10 heteroatoms. The van der Waals surface area contributed by atoms with Gasteiger partial charge in [-0.05, 0) is 35.4 Å². The van der Waals surface area contributed by atoms with E-state index in [1.165, 1.54) is 12.1 Å². The van der Waals surface area contributed by atoms with Crippen molar-refractivity contribution in [2.75, 3.05) is 0 Å². The van der Waals surface area contributed by atoms with Crippen molar-refractivity contribution in [3.63, 3.8) is 0 Å². The molecule has 1 heterocycles. The monoisotopic (exact) mass is 392 g/mol. The van der Waals surface area contributed by atoms with Crippen LogP contribution in [0.3, 0.4) is 0 Å². The molecule has 7 nitrogen and oxygen atoms in total. The van der Waals surface area contributed by atoms with Crippen molar-refractivity contribution in [3.05, 3.63) is 70.3 Å². The second-order valence-electron chi connectivity index (χ2n) is 5.77. The van der Waals surface area contributed by atoms with Crippen molar-refractivity contribution in [1.29, 1.82) is 0 Å². The highest BCUT2D eigenvalue weighted by molar-refractivity contribution is 6.28. The van der Waals surface area contributed by atoms with Gasteiger partial charge in [0.25, 0.3) is 11.8 Å². The summed E-state index contributed by atoms with van der Waals surface area (Å²) >= 11 is 0. The van der Waals surface area contributed by atoms with Gasteiger partial charge in [-0.15, -0.1) is 0 Å². The number of carbonyl (C=O) groups is 3. The van der Waals surface area contributed by atoms with Crippen LogP contribution in [-0.4, -0.2) is 28.0 Å². The molecule has 2 aromatic rings. The summed E-state index contributed by atoms with van der Waals surface area (Å²) in [6.45, 7) is 0. The van der Waals surface area contributed by atoms with Gasteiger partial charge in [0, 0.05) is 5.57 Å². The minimum absolute atomic E-state index is 0.0308. The fourth-order valence-corrected chi connectivity index (χ4v) is 2.74. The summed E-state index contributed by atoms with van der Waals surface area (Å²) in [5.74, 6) is -3.84. The number of halogens is 3. The number of benzene rings is 2. The van der Waals surface area contributed by atoms with Gasteiger partial charge < -0.3 is 10.2 Å². The van der Waals surface area contributed by atoms with Gasteiger partial charge in [-0.1, -0.05) is 18.2 Å². The SMILES string of the molecule is O=C1NNC(=O)C1=C(c1cccc(C(F)(F)F)c1)c1ccc(O)c(C(=O)O)c1. The van der Waals surface area contributed by atoms with Gasteiger partial charge in [0.2, 0.25) is 0 Å². The average Bonchev–Trinajstić information content (AvgIpc) is 2.95. The molecule has 0 spiro atoms. The summed E-state index contributed by atoms with van der Waals surface area (Å²) in [5.41, 5.74) is 1.69. The molecule has 0 unspecified atom stereocenters. The maximum absolute atomic E-state index is 13.1. The predicted octanol–water partition coefficient (Wildman–Crippen LogP) is 2.07. The third kappa shape index (κ3) is 3.39. The molecule has 0 radical (unpaired) electrons. The zero-order chi connectivity index (χ0) is 20.6. The molecule has 0 saturated carbocycles. The van der Waals surface area contributed by atoms with Crippen molar-refractivity contribution in [2.24, 2.45) is 0 Å². The number of nitrogens with one attached hydrogen (secondary N) is 2. The summed E-state index contributed by atoms with van der Waals surface area (Å²) in [6, 6.07) is 7.10. The molecule has 0 bridgehead atoms. The summed E-state index contributed by atoms with van der Waals surface area (Å²) in [5, 5.41) is 18.9. The first-order valence-electron chi connectivity index (χ1n) is 7.69. The molecular weight excluding hydrogens is 381 g/mol. The van der Waals surface area contributed by atoms with Crippen LogP contribution in [-0.2, 0) is 15.8 Å². The standard InChI is InChI=1S/C18H11F3N2O5/c19-18(20,21)10-3-1-2-8(6-10)13(14-15(25)22-23-16(14)26)9-4-5-12(24)11(7-9)17(27)28/h1-7,24H,(H,22,25)(H,23,26)(H,27,28). The molecule has 3 rings (SSSR count). The molecule has 1 aliphatic rings. The molecule has 1 saturated heterocycles. The van der Waals surface area contributed by atoms with Crippen LogP contribution in [0.25, 0.3) is 5.57 Å². The van der Waals surface area contributed by atoms with E-state index in [0.29, 0.717) is 0 Å². The summed E-state index contributed by atoms with van der Waals surface area (Å²) in [4.78, 5) is 35.5. The normalized spacial score (nSPS) is 13.9. The van der Waals surface area contributed by atoms with Crippen LogP contribution >= 0.6 is 0 Å². The van der Waals surface area contributed by atoms with E-state index in [0.717, 1.165) is 30.3 Å². The van der Waals surface area contributed by atoms with E-state index < -0.39 is 46.4 Å². The summed E-state index contributed by atoms with van der Waals surface area (Å²) in [6.07, 6.45) is -4.67. The second kappa shape index (κ2) is 6.72. The lowest BCUT2D eigenvalue weighted by molar-refractivity contribution is -0.137. The lowest BCUT2D eigenvalue weighted by atomic mass is 9.90. The number of alkyl halides is 3. The molecule has 28 heavy (non-hydrogen) atoms. The van der Waals surface area contributed by atoms with E-state index >= 15 is 0 Å². The Morgan fingerprint density at radius 2 is 1.54 bits per heavy atom. The number of aromatic hydroxyl groups is 1. The van der Waals surface area contributed by atoms with Crippen molar-refractivity contribution in [1.82, 2.24) is 10.9 Å². The third-order valence-corrected chi connectivity index (χ3v) is 3.99. The van der Waals surface area contributed by atoms with Crippen LogP contribution in [0, 0.1) is 0 Å². The Morgan fingerprint density at radius 3 is 2.11 bits per heavy atom. The first kappa shape index (κ1) is 19.0. The zero-order valence-corrected chi connectivity index (χ0v) is 13.8. The number of aromatic carboxylic acids is 1. The van der Waals surface area contributed by atoms with Crippen LogP contribution in [0.1, 0.15) is 27.0 Å². The number of carboxylic acid groups (broad SMARTS) is 1. The van der Waals surface area contributed by atoms with Crippen molar-refractivity contribution in [2.45, 2.75) is 6.18 Å². The molecule has 0 aliphatic carbocycles.